The lowest BCUT2D eigenvalue weighted by Crippen LogP contribution is -2.40. The molecular weight excluding hydrogens is 310 g/mol. The van der Waals surface area contributed by atoms with Gasteiger partial charge in [0.25, 0.3) is 5.91 Å². The maximum absolute atomic E-state index is 11.6. The Morgan fingerprint density at radius 3 is 2.61 bits per heavy atom. The van der Waals surface area contributed by atoms with Gasteiger partial charge in [0.2, 0.25) is 0 Å². The number of hydrogen-bond donors (Lipinski definition) is 3. The third kappa shape index (κ3) is 2.86. The lowest BCUT2D eigenvalue weighted by molar-refractivity contribution is 0.100. The molecule has 0 bridgehead atoms. The average molecular weight is 333 g/mol. The standard InChI is InChI=1S/C16H23N5OS/c1-8(2)10-7-11(21-5-3-9(17)4-6-21)20-16-12(10)13(18)14(23-16)15(19)22/h7-9H,3-6,17-18H2,1-2H3,(H2,19,22). The van der Waals surface area contributed by atoms with Crippen LogP contribution in [0.1, 0.15) is 47.8 Å². The van der Waals surface area contributed by atoms with Crippen LogP contribution in [0, 0.1) is 0 Å². The van der Waals surface area contributed by atoms with E-state index in [1.165, 1.54) is 11.3 Å². The van der Waals surface area contributed by atoms with E-state index in [2.05, 4.69) is 24.8 Å². The molecule has 1 aliphatic rings. The van der Waals surface area contributed by atoms with E-state index in [9.17, 15) is 4.79 Å². The number of fused-ring (bicyclic) bond motifs is 1. The molecule has 0 radical (unpaired) electrons. The summed E-state index contributed by atoms with van der Waals surface area (Å²) < 4.78 is 0. The largest absolute Gasteiger partial charge is 0.397 e. The van der Waals surface area contributed by atoms with Gasteiger partial charge in [-0.25, -0.2) is 4.98 Å². The van der Waals surface area contributed by atoms with E-state index in [0.29, 0.717) is 10.6 Å². The number of thiophene rings is 1. The molecule has 0 saturated carbocycles. The number of hydrogen-bond acceptors (Lipinski definition) is 6. The minimum atomic E-state index is -0.495. The summed E-state index contributed by atoms with van der Waals surface area (Å²) in [7, 11) is 0. The Kier molecular flexibility index (Phi) is 4.16. The molecule has 2 aromatic rings. The van der Waals surface area contributed by atoms with Crippen molar-refractivity contribution in [3.63, 3.8) is 0 Å². The predicted molar refractivity (Wildman–Crippen MR) is 96.1 cm³/mol. The van der Waals surface area contributed by atoms with E-state index in [0.717, 1.165) is 47.5 Å². The van der Waals surface area contributed by atoms with Gasteiger partial charge in [-0.15, -0.1) is 11.3 Å². The minimum Gasteiger partial charge on any atom is -0.397 e. The minimum absolute atomic E-state index is 0.276. The number of amides is 1. The molecule has 7 heteroatoms. The van der Waals surface area contributed by atoms with Crippen molar-refractivity contribution in [2.75, 3.05) is 23.7 Å². The van der Waals surface area contributed by atoms with Gasteiger partial charge in [0.15, 0.2) is 0 Å². The molecule has 1 amide bonds. The van der Waals surface area contributed by atoms with Crippen LogP contribution < -0.4 is 22.1 Å². The summed E-state index contributed by atoms with van der Waals surface area (Å²) in [6, 6.07) is 2.37. The second-order valence-electron chi connectivity index (χ2n) is 6.44. The molecule has 124 valence electrons. The Hall–Kier alpha value is -1.86. The number of nitrogen functional groups attached to an aromatic ring is 1. The smallest absolute Gasteiger partial charge is 0.260 e. The van der Waals surface area contributed by atoms with Crippen LogP contribution in [-0.4, -0.2) is 30.0 Å². The number of piperidine rings is 1. The van der Waals surface area contributed by atoms with Gasteiger partial charge in [0, 0.05) is 24.5 Å². The fourth-order valence-electron chi connectivity index (χ4n) is 3.07. The van der Waals surface area contributed by atoms with E-state index in [1.807, 2.05) is 0 Å². The van der Waals surface area contributed by atoms with E-state index in [4.69, 9.17) is 22.2 Å². The van der Waals surface area contributed by atoms with Gasteiger partial charge in [-0.1, -0.05) is 13.8 Å². The topological polar surface area (TPSA) is 111 Å². The molecular formula is C16H23N5OS. The number of pyridine rings is 1. The normalized spacial score (nSPS) is 16.4. The van der Waals surface area contributed by atoms with Crippen LogP contribution >= 0.6 is 11.3 Å². The molecule has 0 aromatic carbocycles. The lowest BCUT2D eigenvalue weighted by Gasteiger charge is -2.31. The summed E-state index contributed by atoms with van der Waals surface area (Å²) in [5.41, 5.74) is 19.2. The molecule has 1 saturated heterocycles. The lowest BCUT2D eigenvalue weighted by atomic mass is 9.99. The Morgan fingerprint density at radius 2 is 2.04 bits per heavy atom. The van der Waals surface area contributed by atoms with Crippen LogP contribution in [0.5, 0.6) is 0 Å². The quantitative estimate of drug-likeness (QED) is 0.796. The summed E-state index contributed by atoms with van der Waals surface area (Å²) in [4.78, 5) is 19.8. The van der Waals surface area contributed by atoms with Crippen molar-refractivity contribution in [1.29, 1.82) is 0 Å². The first-order valence-electron chi connectivity index (χ1n) is 7.91. The summed E-state index contributed by atoms with van der Waals surface area (Å²) in [6.45, 7) is 6.04. The number of aromatic nitrogens is 1. The fraction of sp³-hybridized carbons (Fsp3) is 0.500. The maximum atomic E-state index is 11.6. The highest BCUT2D eigenvalue weighted by molar-refractivity contribution is 7.21. The molecule has 0 atom stereocenters. The van der Waals surface area contributed by atoms with Crippen LogP contribution in [0.15, 0.2) is 6.07 Å². The predicted octanol–water partition coefficient (Wildman–Crippen LogP) is 2.03. The van der Waals surface area contributed by atoms with E-state index in [1.54, 1.807) is 0 Å². The van der Waals surface area contributed by atoms with Crippen molar-refractivity contribution >= 4 is 39.0 Å². The highest BCUT2D eigenvalue weighted by Crippen LogP contribution is 2.39. The first-order valence-corrected chi connectivity index (χ1v) is 8.73. The van der Waals surface area contributed by atoms with Crippen LogP contribution in [0.25, 0.3) is 10.2 Å². The Balaban J connectivity index is 2.13. The first kappa shape index (κ1) is 16.0. The van der Waals surface area contributed by atoms with Gasteiger partial charge < -0.3 is 22.1 Å². The van der Waals surface area contributed by atoms with Crippen molar-refractivity contribution in [3.8, 4) is 0 Å². The molecule has 6 nitrogen and oxygen atoms in total. The second-order valence-corrected chi connectivity index (χ2v) is 7.44. The Bertz CT molecular complexity index is 746. The highest BCUT2D eigenvalue weighted by Gasteiger charge is 2.23. The van der Waals surface area contributed by atoms with Crippen LogP contribution in [0.3, 0.4) is 0 Å². The van der Waals surface area contributed by atoms with Gasteiger partial charge in [-0.05, 0) is 30.4 Å². The van der Waals surface area contributed by atoms with Crippen molar-refractivity contribution < 1.29 is 4.79 Å². The summed E-state index contributed by atoms with van der Waals surface area (Å²) in [6.07, 6.45) is 1.94. The maximum Gasteiger partial charge on any atom is 0.260 e. The highest BCUT2D eigenvalue weighted by atomic mass is 32.1. The molecule has 3 rings (SSSR count). The number of carbonyl (C=O) groups excluding carboxylic acids is 1. The van der Waals surface area contributed by atoms with Crippen LogP contribution in [-0.2, 0) is 0 Å². The zero-order valence-corrected chi connectivity index (χ0v) is 14.3. The van der Waals surface area contributed by atoms with Crippen molar-refractivity contribution in [3.05, 3.63) is 16.5 Å². The molecule has 3 heterocycles. The molecule has 1 fully saturated rings. The fourth-order valence-corrected chi connectivity index (χ4v) is 4.04. The Labute approximate surface area is 139 Å². The summed E-state index contributed by atoms with van der Waals surface area (Å²) in [5.74, 6) is 0.722. The summed E-state index contributed by atoms with van der Waals surface area (Å²) in [5, 5.41) is 0.872. The molecule has 23 heavy (non-hydrogen) atoms. The third-order valence-corrected chi connectivity index (χ3v) is 5.54. The van der Waals surface area contributed by atoms with E-state index >= 15 is 0 Å². The number of carbonyl (C=O) groups is 1. The molecule has 1 aliphatic heterocycles. The van der Waals surface area contributed by atoms with Gasteiger partial charge in [-0.2, -0.15) is 0 Å². The van der Waals surface area contributed by atoms with Gasteiger partial charge >= 0.3 is 0 Å². The number of anilines is 2. The Morgan fingerprint density at radius 1 is 1.39 bits per heavy atom. The van der Waals surface area contributed by atoms with Crippen molar-refractivity contribution in [2.24, 2.45) is 11.5 Å². The van der Waals surface area contributed by atoms with Gasteiger partial charge in [0.1, 0.15) is 15.5 Å². The molecule has 0 unspecified atom stereocenters. The van der Waals surface area contributed by atoms with E-state index in [-0.39, 0.29) is 12.0 Å². The van der Waals surface area contributed by atoms with Crippen LogP contribution in [0.2, 0.25) is 0 Å². The van der Waals surface area contributed by atoms with Crippen molar-refractivity contribution in [2.45, 2.75) is 38.6 Å². The first-order chi connectivity index (χ1) is 10.9. The zero-order chi connectivity index (χ0) is 16.7. The SMILES string of the molecule is CC(C)c1cc(N2CCC(N)CC2)nc2sc(C(N)=O)c(N)c12. The number of primary amides is 1. The molecule has 0 aliphatic carbocycles. The molecule has 2 aromatic heterocycles. The number of rotatable bonds is 3. The monoisotopic (exact) mass is 333 g/mol. The zero-order valence-electron chi connectivity index (χ0n) is 13.5. The number of nitrogens with zero attached hydrogens (tertiary/aromatic N) is 2. The van der Waals surface area contributed by atoms with E-state index < -0.39 is 5.91 Å². The molecule has 6 N–H and O–H groups in total. The van der Waals surface area contributed by atoms with Gasteiger partial charge in [-0.3, -0.25) is 4.79 Å². The second kappa shape index (κ2) is 5.98. The van der Waals surface area contributed by atoms with Crippen LogP contribution in [0.4, 0.5) is 11.5 Å². The average Bonchev–Trinajstić information content (AvgIpc) is 2.84. The third-order valence-electron chi connectivity index (χ3n) is 4.43. The van der Waals surface area contributed by atoms with Crippen molar-refractivity contribution in [1.82, 2.24) is 4.98 Å². The number of nitrogens with two attached hydrogens (primary N) is 3. The van der Waals surface area contributed by atoms with Gasteiger partial charge in [0.05, 0.1) is 5.69 Å². The molecule has 0 spiro atoms. The summed E-state index contributed by atoms with van der Waals surface area (Å²) >= 11 is 1.28.